The van der Waals surface area contributed by atoms with Gasteiger partial charge >= 0.3 is 0 Å². The van der Waals surface area contributed by atoms with Gasteiger partial charge in [0.1, 0.15) is 0 Å². The zero-order chi connectivity index (χ0) is 8.97. The molecule has 0 aromatic carbocycles. The van der Waals surface area contributed by atoms with Crippen LogP contribution in [0.3, 0.4) is 0 Å². The van der Waals surface area contributed by atoms with E-state index in [-0.39, 0.29) is 5.78 Å². The van der Waals surface area contributed by atoms with Gasteiger partial charge in [0.25, 0.3) is 0 Å². The number of rotatable bonds is 4. The first kappa shape index (κ1) is 9.52. The molecule has 0 saturated heterocycles. The average Bonchev–Trinajstić information content (AvgIpc) is 2.47. The smallest absolute Gasteiger partial charge is 0.179 e. The summed E-state index contributed by atoms with van der Waals surface area (Å²) in [5, 5.41) is 0. The zero-order valence-electron chi connectivity index (χ0n) is 6.97. The Kier molecular flexibility index (Phi) is 3.53. The molecule has 0 bridgehead atoms. The second-order valence-electron chi connectivity index (χ2n) is 2.63. The van der Waals surface area contributed by atoms with Crippen molar-refractivity contribution in [1.29, 1.82) is 0 Å². The zero-order valence-corrected chi connectivity index (χ0v) is 8.56. The summed E-state index contributed by atoms with van der Waals surface area (Å²) in [5.41, 5.74) is 0.656. The van der Waals surface area contributed by atoms with Crippen LogP contribution in [0.2, 0.25) is 0 Å². The van der Waals surface area contributed by atoms with Crippen molar-refractivity contribution in [3.05, 3.63) is 22.6 Å². The summed E-state index contributed by atoms with van der Waals surface area (Å²) in [6.07, 6.45) is 4.11. The van der Waals surface area contributed by atoms with E-state index in [4.69, 9.17) is 4.42 Å². The van der Waals surface area contributed by atoms with Gasteiger partial charge in [0.15, 0.2) is 10.5 Å². The monoisotopic (exact) mass is 230 g/mol. The summed E-state index contributed by atoms with van der Waals surface area (Å²) >= 11 is 3.17. The van der Waals surface area contributed by atoms with E-state index in [0.717, 1.165) is 12.8 Å². The molecule has 66 valence electrons. The van der Waals surface area contributed by atoms with Gasteiger partial charge in [-0.3, -0.25) is 4.79 Å². The topological polar surface area (TPSA) is 30.2 Å². The maximum absolute atomic E-state index is 11.4. The number of hydrogen-bond acceptors (Lipinski definition) is 2. The first-order chi connectivity index (χ1) is 5.75. The van der Waals surface area contributed by atoms with E-state index in [2.05, 4.69) is 22.9 Å². The highest BCUT2D eigenvalue weighted by Gasteiger charge is 2.10. The average molecular weight is 231 g/mol. The lowest BCUT2D eigenvalue weighted by atomic mass is 10.1. The SMILES string of the molecule is CCCCC(=O)c1ccoc1Br. The molecule has 0 fully saturated rings. The molecule has 0 N–H and O–H groups in total. The summed E-state index contributed by atoms with van der Waals surface area (Å²) in [5.74, 6) is 0.150. The molecule has 12 heavy (non-hydrogen) atoms. The molecule has 0 atom stereocenters. The highest BCUT2D eigenvalue weighted by atomic mass is 79.9. The quantitative estimate of drug-likeness (QED) is 0.743. The molecule has 0 unspecified atom stereocenters. The van der Waals surface area contributed by atoms with Gasteiger partial charge in [-0.25, -0.2) is 0 Å². The van der Waals surface area contributed by atoms with E-state index < -0.39 is 0 Å². The third-order valence-corrected chi connectivity index (χ3v) is 2.29. The van der Waals surface area contributed by atoms with Gasteiger partial charge in [-0.05, 0) is 28.4 Å². The van der Waals surface area contributed by atoms with Gasteiger partial charge < -0.3 is 4.42 Å². The Hall–Kier alpha value is -0.570. The highest BCUT2D eigenvalue weighted by Crippen LogP contribution is 2.19. The van der Waals surface area contributed by atoms with Crippen molar-refractivity contribution in [2.24, 2.45) is 0 Å². The summed E-state index contributed by atoms with van der Waals surface area (Å²) in [6.45, 7) is 2.07. The molecular formula is C9H11BrO2. The Labute approximate surface area is 80.1 Å². The van der Waals surface area contributed by atoms with Gasteiger partial charge in [0.2, 0.25) is 0 Å². The van der Waals surface area contributed by atoms with Crippen LogP contribution in [0, 0.1) is 0 Å². The Morgan fingerprint density at radius 3 is 2.92 bits per heavy atom. The van der Waals surface area contributed by atoms with Gasteiger partial charge in [-0.1, -0.05) is 13.3 Å². The second kappa shape index (κ2) is 4.45. The molecule has 0 aliphatic carbocycles. The second-order valence-corrected chi connectivity index (χ2v) is 3.35. The summed E-state index contributed by atoms with van der Waals surface area (Å²) < 4.78 is 5.51. The largest absolute Gasteiger partial charge is 0.457 e. The van der Waals surface area contributed by atoms with Crippen molar-refractivity contribution in [3.8, 4) is 0 Å². The first-order valence-electron chi connectivity index (χ1n) is 4.02. The van der Waals surface area contributed by atoms with Crippen molar-refractivity contribution in [2.45, 2.75) is 26.2 Å². The minimum atomic E-state index is 0.150. The molecule has 0 saturated carbocycles. The van der Waals surface area contributed by atoms with Crippen LogP contribution in [0.1, 0.15) is 36.5 Å². The fourth-order valence-electron chi connectivity index (χ4n) is 0.965. The van der Waals surface area contributed by atoms with E-state index in [1.807, 2.05) is 0 Å². The molecule has 0 amide bonds. The van der Waals surface area contributed by atoms with E-state index in [1.165, 1.54) is 6.26 Å². The molecule has 1 rings (SSSR count). The number of carbonyl (C=O) groups excluding carboxylic acids is 1. The fraction of sp³-hybridized carbons (Fsp3) is 0.444. The van der Waals surface area contributed by atoms with Crippen molar-refractivity contribution >= 4 is 21.7 Å². The van der Waals surface area contributed by atoms with E-state index in [1.54, 1.807) is 6.07 Å². The normalized spacial score (nSPS) is 10.2. The summed E-state index contributed by atoms with van der Waals surface area (Å²) in [7, 11) is 0. The maximum atomic E-state index is 11.4. The molecule has 0 spiro atoms. The molecule has 1 aromatic rings. The third kappa shape index (κ3) is 2.21. The van der Waals surface area contributed by atoms with Crippen LogP contribution >= 0.6 is 15.9 Å². The minimum absolute atomic E-state index is 0.150. The standard InChI is InChI=1S/C9H11BrO2/c1-2-3-4-8(11)7-5-6-12-9(7)10/h5-6H,2-4H2,1H3. The number of halogens is 1. The van der Waals surface area contributed by atoms with Gasteiger partial charge in [0.05, 0.1) is 11.8 Å². The van der Waals surface area contributed by atoms with Crippen LogP contribution in [0.15, 0.2) is 21.4 Å². The number of Topliss-reactive ketones (excluding diaryl/α,β-unsaturated/α-hetero) is 1. The van der Waals surface area contributed by atoms with Crippen LogP contribution in [0.25, 0.3) is 0 Å². The van der Waals surface area contributed by atoms with E-state index in [9.17, 15) is 4.79 Å². The van der Waals surface area contributed by atoms with Crippen LogP contribution in [-0.4, -0.2) is 5.78 Å². The van der Waals surface area contributed by atoms with Crippen molar-refractivity contribution in [2.75, 3.05) is 0 Å². The molecule has 0 radical (unpaired) electrons. The Morgan fingerprint density at radius 2 is 2.42 bits per heavy atom. The number of hydrogen-bond donors (Lipinski definition) is 0. The lowest BCUT2D eigenvalue weighted by Gasteiger charge is -1.95. The molecule has 0 aliphatic rings. The Bertz CT molecular complexity index is 265. The highest BCUT2D eigenvalue weighted by molar-refractivity contribution is 9.10. The number of furan rings is 1. The first-order valence-corrected chi connectivity index (χ1v) is 4.81. The predicted molar refractivity (Wildman–Crippen MR) is 50.3 cm³/mol. The van der Waals surface area contributed by atoms with Gasteiger partial charge in [-0.15, -0.1) is 0 Å². The fourth-order valence-corrected chi connectivity index (χ4v) is 1.43. The van der Waals surface area contributed by atoms with Crippen LogP contribution < -0.4 is 0 Å². The van der Waals surface area contributed by atoms with Gasteiger partial charge in [-0.2, -0.15) is 0 Å². The van der Waals surface area contributed by atoms with Crippen LogP contribution in [0.4, 0.5) is 0 Å². The lowest BCUT2D eigenvalue weighted by molar-refractivity contribution is 0.0978. The molecule has 0 aliphatic heterocycles. The summed E-state index contributed by atoms with van der Waals surface area (Å²) in [6, 6.07) is 1.70. The molecule has 1 aromatic heterocycles. The summed E-state index contributed by atoms with van der Waals surface area (Å²) in [4.78, 5) is 11.4. The predicted octanol–water partition coefficient (Wildman–Crippen LogP) is 3.42. The Morgan fingerprint density at radius 1 is 1.67 bits per heavy atom. The van der Waals surface area contributed by atoms with Crippen molar-refractivity contribution in [1.82, 2.24) is 0 Å². The molecule has 1 heterocycles. The molecule has 3 heteroatoms. The van der Waals surface area contributed by atoms with Crippen LogP contribution in [-0.2, 0) is 0 Å². The Balaban J connectivity index is 2.59. The number of ketones is 1. The lowest BCUT2D eigenvalue weighted by Crippen LogP contribution is -1.96. The third-order valence-electron chi connectivity index (χ3n) is 1.68. The number of unbranched alkanes of at least 4 members (excludes halogenated alkanes) is 1. The van der Waals surface area contributed by atoms with Crippen LogP contribution in [0.5, 0.6) is 0 Å². The molecular weight excluding hydrogens is 220 g/mol. The maximum Gasteiger partial charge on any atom is 0.179 e. The molecule has 2 nitrogen and oxygen atoms in total. The van der Waals surface area contributed by atoms with Crippen molar-refractivity contribution < 1.29 is 9.21 Å². The minimum Gasteiger partial charge on any atom is -0.457 e. The van der Waals surface area contributed by atoms with E-state index >= 15 is 0 Å². The van der Waals surface area contributed by atoms with E-state index in [0.29, 0.717) is 16.7 Å². The van der Waals surface area contributed by atoms with Gasteiger partial charge in [0, 0.05) is 6.42 Å². The van der Waals surface area contributed by atoms with Crippen molar-refractivity contribution in [3.63, 3.8) is 0 Å². The number of carbonyl (C=O) groups is 1.